The minimum atomic E-state index is -0.106. The van der Waals surface area contributed by atoms with Crippen LogP contribution >= 0.6 is 0 Å². The Morgan fingerprint density at radius 2 is 2.08 bits per heavy atom. The SMILES string of the molecule is CC1(C)[C@H](NC(=O)NCCOCCc2ccccc2)[C@@H]2CCO[C@@H]21. The van der Waals surface area contributed by atoms with Crippen LogP contribution in [0.15, 0.2) is 30.3 Å². The molecule has 0 spiro atoms. The number of carbonyl (C=O) groups is 1. The van der Waals surface area contributed by atoms with Crippen LogP contribution in [0.2, 0.25) is 0 Å². The van der Waals surface area contributed by atoms with E-state index in [1.807, 2.05) is 18.2 Å². The minimum absolute atomic E-state index is 0.0185. The molecule has 1 aliphatic heterocycles. The summed E-state index contributed by atoms with van der Waals surface area (Å²) in [4.78, 5) is 12.1. The zero-order chi connectivity index (χ0) is 17.0. The summed E-state index contributed by atoms with van der Waals surface area (Å²) in [7, 11) is 0. The second kappa shape index (κ2) is 7.53. The molecule has 0 unspecified atom stereocenters. The second-order valence-electron chi connectivity index (χ2n) is 7.29. The first kappa shape index (κ1) is 17.2. The summed E-state index contributed by atoms with van der Waals surface area (Å²) >= 11 is 0. The van der Waals surface area contributed by atoms with E-state index in [9.17, 15) is 4.79 Å². The number of amides is 2. The van der Waals surface area contributed by atoms with Crippen molar-refractivity contribution < 1.29 is 14.3 Å². The molecule has 5 heteroatoms. The number of carbonyl (C=O) groups excluding carboxylic acids is 1. The Morgan fingerprint density at radius 3 is 2.88 bits per heavy atom. The molecule has 1 aromatic carbocycles. The maximum atomic E-state index is 12.1. The molecule has 1 aliphatic carbocycles. The first-order valence-corrected chi connectivity index (χ1v) is 8.86. The molecule has 0 radical (unpaired) electrons. The standard InChI is InChI=1S/C19H28N2O3/c1-19(2)16(15-9-12-24-17(15)19)21-18(22)20-10-13-23-11-8-14-6-4-3-5-7-14/h3-7,15-17H,8-13H2,1-2H3,(H2,20,21,22)/t15-,16+,17-/m0/s1. The predicted molar refractivity (Wildman–Crippen MR) is 92.9 cm³/mol. The summed E-state index contributed by atoms with van der Waals surface area (Å²) in [6, 6.07) is 10.3. The molecular formula is C19H28N2O3. The largest absolute Gasteiger partial charge is 0.379 e. The van der Waals surface area contributed by atoms with E-state index in [1.165, 1.54) is 5.56 Å². The van der Waals surface area contributed by atoms with Gasteiger partial charge in [0.05, 0.1) is 19.3 Å². The quantitative estimate of drug-likeness (QED) is 0.754. The average molecular weight is 332 g/mol. The van der Waals surface area contributed by atoms with E-state index in [-0.39, 0.29) is 17.5 Å². The maximum Gasteiger partial charge on any atom is 0.315 e. The number of hydrogen-bond donors (Lipinski definition) is 2. The molecule has 0 bridgehead atoms. The van der Waals surface area contributed by atoms with E-state index in [4.69, 9.17) is 9.47 Å². The summed E-state index contributed by atoms with van der Waals surface area (Å²) < 4.78 is 11.3. The van der Waals surface area contributed by atoms with Crippen molar-refractivity contribution in [2.24, 2.45) is 11.3 Å². The van der Waals surface area contributed by atoms with Crippen molar-refractivity contribution in [1.29, 1.82) is 0 Å². The zero-order valence-electron chi connectivity index (χ0n) is 14.6. The van der Waals surface area contributed by atoms with Gasteiger partial charge in [-0.05, 0) is 18.4 Å². The van der Waals surface area contributed by atoms with Crippen molar-refractivity contribution in [3.05, 3.63) is 35.9 Å². The van der Waals surface area contributed by atoms with Crippen LogP contribution in [0.3, 0.4) is 0 Å². The molecule has 2 amide bonds. The van der Waals surface area contributed by atoms with E-state index in [0.29, 0.717) is 31.8 Å². The van der Waals surface area contributed by atoms with Gasteiger partial charge in [0.25, 0.3) is 0 Å². The Balaban J connectivity index is 1.28. The van der Waals surface area contributed by atoms with E-state index in [0.717, 1.165) is 19.4 Å². The number of rotatable bonds is 7. The van der Waals surface area contributed by atoms with Crippen molar-refractivity contribution >= 4 is 6.03 Å². The van der Waals surface area contributed by atoms with Gasteiger partial charge in [-0.25, -0.2) is 4.79 Å². The van der Waals surface area contributed by atoms with E-state index in [1.54, 1.807) is 0 Å². The topological polar surface area (TPSA) is 59.6 Å². The van der Waals surface area contributed by atoms with Crippen LogP contribution in [-0.4, -0.2) is 44.5 Å². The highest BCUT2D eigenvalue weighted by atomic mass is 16.5. The average Bonchev–Trinajstić information content (AvgIpc) is 3.04. The van der Waals surface area contributed by atoms with Gasteiger partial charge >= 0.3 is 6.03 Å². The lowest BCUT2D eigenvalue weighted by Crippen LogP contribution is -2.67. The molecule has 3 atom stereocenters. The highest BCUT2D eigenvalue weighted by Crippen LogP contribution is 2.51. The van der Waals surface area contributed by atoms with E-state index >= 15 is 0 Å². The van der Waals surface area contributed by atoms with Crippen molar-refractivity contribution in [2.75, 3.05) is 26.4 Å². The number of ether oxygens (including phenoxy) is 2. The van der Waals surface area contributed by atoms with Gasteiger partial charge in [-0.1, -0.05) is 44.2 Å². The lowest BCUT2D eigenvalue weighted by atomic mass is 9.57. The Bertz CT molecular complexity index is 547. The van der Waals surface area contributed by atoms with Crippen LogP contribution < -0.4 is 10.6 Å². The molecule has 2 N–H and O–H groups in total. The molecule has 3 rings (SSSR count). The number of fused-ring (bicyclic) bond motifs is 1. The number of urea groups is 1. The minimum Gasteiger partial charge on any atom is -0.379 e. The molecule has 24 heavy (non-hydrogen) atoms. The molecule has 1 saturated carbocycles. The maximum absolute atomic E-state index is 12.1. The Labute approximate surface area is 144 Å². The number of benzene rings is 1. The molecular weight excluding hydrogens is 304 g/mol. The van der Waals surface area contributed by atoms with Gasteiger partial charge in [0.15, 0.2) is 0 Å². The fourth-order valence-corrected chi connectivity index (χ4v) is 3.98. The molecule has 2 aliphatic rings. The van der Waals surface area contributed by atoms with Gasteiger partial charge in [-0.3, -0.25) is 0 Å². The van der Waals surface area contributed by atoms with Crippen LogP contribution in [0.5, 0.6) is 0 Å². The summed E-state index contributed by atoms with van der Waals surface area (Å²) in [5.41, 5.74) is 1.29. The number of nitrogens with one attached hydrogen (secondary N) is 2. The van der Waals surface area contributed by atoms with Gasteiger partial charge < -0.3 is 20.1 Å². The first-order valence-electron chi connectivity index (χ1n) is 8.86. The lowest BCUT2D eigenvalue weighted by molar-refractivity contribution is -0.108. The van der Waals surface area contributed by atoms with Crippen molar-refractivity contribution in [1.82, 2.24) is 10.6 Å². The third-order valence-corrected chi connectivity index (χ3v) is 5.30. The van der Waals surface area contributed by atoms with Crippen molar-refractivity contribution in [3.63, 3.8) is 0 Å². The fourth-order valence-electron chi connectivity index (χ4n) is 3.98. The van der Waals surface area contributed by atoms with Crippen molar-refractivity contribution in [3.8, 4) is 0 Å². The number of hydrogen-bond acceptors (Lipinski definition) is 3. The van der Waals surface area contributed by atoms with Crippen LogP contribution in [0.4, 0.5) is 4.79 Å². The molecule has 2 fully saturated rings. The van der Waals surface area contributed by atoms with Crippen LogP contribution in [-0.2, 0) is 15.9 Å². The first-order chi connectivity index (χ1) is 11.6. The Kier molecular flexibility index (Phi) is 5.41. The smallest absolute Gasteiger partial charge is 0.315 e. The van der Waals surface area contributed by atoms with Gasteiger partial charge in [-0.15, -0.1) is 0 Å². The zero-order valence-corrected chi connectivity index (χ0v) is 14.6. The van der Waals surface area contributed by atoms with Gasteiger partial charge in [0.1, 0.15) is 0 Å². The second-order valence-corrected chi connectivity index (χ2v) is 7.29. The molecule has 132 valence electrons. The van der Waals surface area contributed by atoms with E-state index < -0.39 is 0 Å². The molecule has 1 saturated heterocycles. The third kappa shape index (κ3) is 3.73. The summed E-state index contributed by atoms with van der Waals surface area (Å²) in [6.07, 6.45) is 2.23. The molecule has 0 aromatic heterocycles. The Morgan fingerprint density at radius 1 is 1.29 bits per heavy atom. The highest BCUT2D eigenvalue weighted by molar-refractivity contribution is 5.74. The van der Waals surface area contributed by atoms with E-state index in [2.05, 4.69) is 36.6 Å². The fraction of sp³-hybridized carbons (Fsp3) is 0.632. The van der Waals surface area contributed by atoms with Gasteiger partial charge in [-0.2, -0.15) is 0 Å². The van der Waals surface area contributed by atoms with Crippen LogP contribution in [0.1, 0.15) is 25.8 Å². The van der Waals surface area contributed by atoms with Crippen LogP contribution in [0, 0.1) is 11.3 Å². The van der Waals surface area contributed by atoms with Gasteiger partial charge in [0, 0.05) is 30.5 Å². The molecule has 1 heterocycles. The van der Waals surface area contributed by atoms with Crippen LogP contribution in [0.25, 0.3) is 0 Å². The summed E-state index contributed by atoms with van der Waals surface area (Å²) in [5.74, 6) is 0.466. The molecule has 5 nitrogen and oxygen atoms in total. The lowest BCUT2D eigenvalue weighted by Gasteiger charge is -2.54. The molecule has 1 aromatic rings. The Hall–Kier alpha value is -1.59. The predicted octanol–water partition coefficient (Wildman–Crippen LogP) is 2.36. The van der Waals surface area contributed by atoms with Gasteiger partial charge in [0.2, 0.25) is 0 Å². The summed E-state index contributed by atoms with van der Waals surface area (Å²) in [5, 5.41) is 5.99. The monoisotopic (exact) mass is 332 g/mol. The highest BCUT2D eigenvalue weighted by Gasteiger charge is 2.59. The van der Waals surface area contributed by atoms with Crippen molar-refractivity contribution in [2.45, 2.75) is 38.8 Å². The normalized spacial score (nSPS) is 27.2. The summed E-state index contributed by atoms with van der Waals surface area (Å²) in [6.45, 7) is 6.87. The third-order valence-electron chi connectivity index (χ3n) is 5.30.